The van der Waals surface area contributed by atoms with Crippen LogP contribution in [0.1, 0.15) is 22.7 Å². The second-order valence-electron chi connectivity index (χ2n) is 5.53. The molecule has 2 N–H and O–H groups in total. The fraction of sp³-hybridized carbons (Fsp3) is 0.353. The third-order valence-corrected chi connectivity index (χ3v) is 4.41. The van der Waals surface area contributed by atoms with Crippen molar-refractivity contribution in [3.05, 3.63) is 57.8 Å². The number of thiophene rings is 1. The van der Waals surface area contributed by atoms with Crippen molar-refractivity contribution < 1.29 is 4.79 Å². The monoisotopic (exact) mass is 317 g/mol. The largest absolute Gasteiger partial charge is 0.336 e. The van der Waals surface area contributed by atoms with Gasteiger partial charge in [0.25, 0.3) is 0 Å². The van der Waals surface area contributed by atoms with Gasteiger partial charge in [0.15, 0.2) is 0 Å². The van der Waals surface area contributed by atoms with Gasteiger partial charge in [-0.05, 0) is 54.5 Å². The van der Waals surface area contributed by atoms with E-state index in [2.05, 4.69) is 32.4 Å². The summed E-state index contributed by atoms with van der Waals surface area (Å²) >= 11 is 1.67. The predicted molar refractivity (Wildman–Crippen MR) is 92.2 cm³/mol. The van der Waals surface area contributed by atoms with Gasteiger partial charge in [-0.15, -0.1) is 0 Å². The van der Waals surface area contributed by atoms with E-state index in [1.807, 2.05) is 45.3 Å². The molecule has 0 spiro atoms. The minimum absolute atomic E-state index is 0.134. The third kappa shape index (κ3) is 4.58. The number of benzene rings is 1. The van der Waals surface area contributed by atoms with Crippen LogP contribution in [-0.4, -0.2) is 31.6 Å². The molecular formula is C17H23N3OS. The molecule has 2 amide bonds. The molecular weight excluding hydrogens is 294 g/mol. The molecule has 2 rings (SSSR count). The number of rotatable bonds is 6. The molecule has 5 heteroatoms. The van der Waals surface area contributed by atoms with Crippen LogP contribution in [0.5, 0.6) is 0 Å². The standard InChI is InChI=1S/C17H23N3OS/c1-13-6-4-5-7-14(13)10-18-17(21)19-11-16(20(2)3)15-8-9-22-12-15/h4-9,12,16H,10-11H2,1-3H3,(H2,18,19,21)/t16-/m0/s1. The molecule has 0 saturated carbocycles. The first-order valence-corrected chi connectivity index (χ1v) is 8.27. The van der Waals surface area contributed by atoms with E-state index in [9.17, 15) is 4.79 Å². The Morgan fingerprint density at radius 3 is 2.64 bits per heavy atom. The van der Waals surface area contributed by atoms with Gasteiger partial charge in [-0.25, -0.2) is 4.79 Å². The number of aryl methyl sites for hydroxylation is 1. The lowest BCUT2D eigenvalue weighted by molar-refractivity contribution is 0.232. The molecule has 2 aromatic rings. The fourth-order valence-corrected chi connectivity index (χ4v) is 3.01. The Morgan fingerprint density at radius 1 is 1.23 bits per heavy atom. The van der Waals surface area contributed by atoms with E-state index in [1.54, 1.807) is 11.3 Å². The highest BCUT2D eigenvalue weighted by atomic mass is 32.1. The van der Waals surface area contributed by atoms with Crippen molar-refractivity contribution in [1.29, 1.82) is 0 Å². The summed E-state index contributed by atoms with van der Waals surface area (Å²) in [6, 6.07) is 10.2. The minimum atomic E-state index is -0.134. The Labute approximate surface area is 136 Å². The summed E-state index contributed by atoms with van der Waals surface area (Å²) in [6.45, 7) is 3.18. The molecule has 1 aromatic carbocycles. The van der Waals surface area contributed by atoms with Crippen molar-refractivity contribution in [2.75, 3.05) is 20.6 Å². The van der Waals surface area contributed by atoms with Gasteiger partial charge in [-0.3, -0.25) is 0 Å². The van der Waals surface area contributed by atoms with E-state index >= 15 is 0 Å². The number of amides is 2. The summed E-state index contributed by atoms with van der Waals surface area (Å²) in [5.74, 6) is 0. The summed E-state index contributed by atoms with van der Waals surface area (Å²) < 4.78 is 0. The van der Waals surface area contributed by atoms with Crippen molar-refractivity contribution in [2.24, 2.45) is 0 Å². The topological polar surface area (TPSA) is 44.4 Å². The molecule has 0 bridgehead atoms. The van der Waals surface area contributed by atoms with Crippen LogP contribution in [0.4, 0.5) is 4.79 Å². The molecule has 4 nitrogen and oxygen atoms in total. The molecule has 0 fully saturated rings. The van der Waals surface area contributed by atoms with Crippen LogP contribution in [0, 0.1) is 6.92 Å². The number of carbonyl (C=O) groups excluding carboxylic acids is 1. The van der Waals surface area contributed by atoms with Gasteiger partial charge in [0.05, 0.1) is 6.04 Å². The van der Waals surface area contributed by atoms with E-state index in [0.717, 1.165) is 5.56 Å². The van der Waals surface area contributed by atoms with Gasteiger partial charge in [0, 0.05) is 13.1 Å². The van der Waals surface area contributed by atoms with Crippen LogP contribution in [0.15, 0.2) is 41.1 Å². The van der Waals surface area contributed by atoms with E-state index in [0.29, 0.717) is 13.1 Å². The molecule has 0 aliphatic heterocycles. The maximum absolute atomic E-state index is 12.0. The zero-order valence-corrected chi connectivity index (χ0v) is 14.1. The number of hydrogen-bond acceptors (Lipinski definition) is 3. The van der Waals surface area contributed by atoms with Gasteiger partial charge in [0.1, 0.15) is 0 Å². The van der Waals surface area contributed by atoms with E-state index < -0.39 is 0 Å². The SMILES string of the molecule is Cc1ccccc1CNC(=O)NC[C@@H](c1ccsc1)N(C)C. The zero-order chi connectivity index (χ0) is 15.9. The average molecular weight is 317 g/mol. The number of carbonyl (C=O) groups is 1. The lowest BCUT2D eigenvalue weighted by Gasteiger charge is -2.24. The van der Waals surface area contributed by atoms with Crippen LogP contribution >= 0.6 is 11.3 Å². The maximum atomic E-state index is 12.0. The molecule has 0 radical (unpaired) electrons. The highest BCUT2D eigenvalue weighted by Crippen LogP contribution is 2.19. The first kappa shape index (κ1) is 16.5. The van der Waals surface area contributed by atoms with Crippen molar-refractivity contribution >= 4 is 17.4 Å². The predicted octanol–water partition coefficient (Wildman–Crippen LogP) is 3.16. The van der Waals surface area contributed by atoms with Gasteiger partial charge in [-0.1, -0.05) is 24.3 Å². The number of nitrogens with one attached hydrogen (secondary N) is 2. The van der Waals surface area contributed by atoms with Crippen LogP contribution in [0.2, 0.25) is 0 Å². The summed E-state index contributed by atoms with van der Waals surface area (Å²) in [5, 5.41) is 10.1. The van der Waals surface area contributed by atoms with Gasteiger partial charge in [-0.2, -0.15) is 11.3 Å². The van der Waals surface area contributed by atoms with Gasteiger partial charge < -0.3 is 15.5 Å². The van der Waals surface area contributed by atoms with Gasteiger partial charge in [0.2, 0.25) is 0 Å². The molecule has 0 unspecified atom stereocenters. The Balaban J connectivity index is 1.83. The van der Waals surface area contributed by atoms with Crippen LogP contribution in [-0.2, 0) is 6.54 Å². The van der Waals surface area contributed by atoms with Crippen molar-refractivity contribution in [3.63, 3.8) is 0 Å². The minimum Gasteiger partial charge on any atom is -0.336 e. The van der Waals surface area contributed by atoms with Crippen molar-refractivity contribution in [1.82, 2.24) is 15.5 Å². The Kier molecular flexibility index (Phi) is 5.98. The van der Waals surface area contributed by atoms with Crippen LogP contribution in [0.3, 0.4) is 0 Å². The summed E-state index contributed by atoms with van der Waals surface area (Å²) in [4.78, 5) is 14.1. The highest BCUT2D eigenvalue weighted by Gasteiger charge is 2.15. The lowest BCUT2D eigenvalue weighted by atomic mass is 10.1. The Bertz CT molecular complexity index is 596. The molecule has 0 aliphatic rings. The number of likely N-dealkylation sites (N-methyl/N-ethyl adjacent to an activating group) is 1. The van der Waals surface area contributed by atoms with E-state index in [4.69, 9.17) is 0 Å². The van der Waals surface area contributed by atoms with Crippen molar-refractivity contribution in [2.45, 2.75) is 19.5 Å². The fourth-order valence-electron chi connectivity index (χ4n) is 2.30. The van der Waals surface area contributed by atoms with Gasteiger partial charge >= 0.3 is 6.03 Å². The van der Waals surface area contributed by atoms with Crippen LogP contribution < -0.4 is 10.6 Å². The molecule has 1 heterocycles. The Hall–Kier alpha value is -1.85. The van der Waals surface area contributed by atoms with E-state index in [-0.39, 0.29) is 12.1 Å². The first-order chi connectivity index (χ1) is 10.6. The first-order valence-electron chi connectivity index (χ1n) is 7.32. The zero-order valence-electron chi connectivity index (χ0n) is 13.3. The number of hydrogen-bond donors (Lipinski definition) is 2. The van der Waals surface area contributed by atoms with Crippen LogP contribution in [0.25, 0.3) is 0 Å². The smallest absolute Gasteiger partial charge is 0.315 e. The molecule has 1 atom stereocenters. The lowest BCUT2D eigenvalue weighted by Crippen LogP contribution is -2.40. The quantitative estimate of drug-likeness (QED) is 0.859. The third-order valence-electron chi connectivity index (χ3n) is 3.71. The average Bonchev–Trinajstić information content (AvgIpc) is 3.00. The maximum Gasteiger partial charge on any atom is 0.315 e. The number of nitrogens with zero attached hydrogens (tertiary/aromatic N) is 1. The molecule has 0 aliphatic carbocycles. The summed E-state index contributed by atoms with van der Waals surface area (Å²) in [6.07, 6.45) is 0. The number of urea groups is 1. The molecule has 118 valence electrons. The summed E-state index contributed by atoms with van der Waals surface area (Å²) in [5.41, 5.74) is 3.56. The normalized spacial score (nSPS) is 12.2. The molecule has 1 aromatic heterocycles. The second kappa shape index (κ2) is 7.96. The second-order valence-corrected chi connectivity index (χ2v) is 6.31. The molecule has 0 saturated heterocycles. The molecule has 22 heavy (non-hydrogen) atoms. The highest BCUT2D eigenvalue weighted by molar-refractivity contribution is 7.07. The summed E-state index contributed by atoms with van der Waals surface area (Å²) in [7, 11) is 4.05. The Morgan fingerprint density at radius 2 is 2.00 bits per heavy atom. The van der Waals surface area contributed by atoms with E-state index in [1.165, 1.54) is 11.1 Å². The van der Waals surface area contributed by atoms with Crippen molar-refractivity contribution in [3.8, 4) is 0 Å².